The highest BCUT2D eigenvalue weighted by Crippen LogP contribution is 2.50. The lowest BCUT2D eigenvalue weighted by Gasteiger charge is -2.33. The first-order valence-electron chi connectivity index (χ1n) is 39.0. The number of fused-ring (bicyclic) bond motifs is 2. The maximum Gasteiger partial charge on any atom is 0.261 e. The van der Waals surface area contributed by atoms with E-state index in [0.717, 1.165) is 196 Å². The molecule has 10 nitrogen and oxygen atoms in total. The van der Waals surface area contributed by atoms with Gasteiger partial charge in [-0.2, -0.15) is 0 Å². The molecular weight excluding hydrogens is 1340 g/mol. The Hall–Kier alpha value is -12.8. The Balaban J connectivity index is 0.000000154. The highest BCUT2D eigenvalue weighted by molar-refractivity contribution is 6.54. The van der Waals surface area contributed by atoms with Gasteiger partial charge < -0.3 is 19.8 Å². The molecule has 10 heteroatoms. The molecule has 110 heavy (non-hydrogen) atoms. The van der Waals surface area contributed by atoms with Gasteiger partial charge in [0, 0.05) is 106 Å². The highest BCUT2D eigenvalue weighted by atomic mass is 15.4. The van der Waals surface area contributed by atoms with E-state index in [2.05, 4.69) is 356 Å². The molecule has 3 aromatic heterocycles. The molecule has 8 bridgehead atoms. The largest absolute Gasteiger partial charge is 0.378 e. The zero-order valence-electron chi connectivity index (χ0n) is 62.9. The predicted octanol–water partition coefficient (Wildman–Crippen LogP) is 22.4. The summed E-state index contributed by atoms with van der Waals surface area (Å²) in [6.45, 7) is 0. The first kappa shape index (κ1) is 69.0. The van der Waals surface area contributed by atoms with E-state index in [0.29, 0.717) is 0 Å². The van der Waals surface area contributed by atoms with Gasteiger partial charge in [0.15, 0.2) is 0 Å². The molecule has 0 saturated heterocycles. The fraction of sp³-hybridized carbons (Fsp3) is 0.170. The molecule has 15 aromatic rings. The number of benzene rings is 12. The van der Waals surface area contributed by atoms with Crippen LogP contribution < -0.4 is 9.80 Å². The summed E-state index contributed by atoms with van der Waals surface area (Å²) >= 11 is 0. The van der Waals surface area contributed by atoms with Crippen LogP contribution in [0.15, 0.2) is 313 Å². The number of hydrogen-bond acceptors (Lipinski definition) is 7. The molecule has 0 radical (unpaired) electrons. The van der Waals surface area contributed by atoms with Gasteiger partial charge in [-0.3, -0.25) is 4.57 Å². The van der Waals surface area contributed by atoms with Crippen molar-refractivity contribution >= 4 is 22.8 Å². The third kappa shape index (κ3) is 13.6. The number of anilines is 2. The summed E-state index contributed by atoms with van der Waals surface area (Å²) in [6, 6.07) is 110. The molecule has 0 amide bonds. The lowest BCUT2D eigenvalue weighted by atomic mass is 9.88. The van der Waals surface area contributed by atoms with Gasteiger partial charge in [0.05, 0.1) is 45.6 Å². The van der Waals surface area contributed by atoms with Crippen LogP contribution in [-0.2, 0) is 57.2 Å². The summed E-state index contributed by atoms with van der Waals surface area (Å²) in [5.74, 6) is 1.56. The van der Waals surface area contributed by atoms with Crippen LogP contribution in [0.4, 0.5) is 11.4 Å². The van der Waals surface area contributed by atoms with E-state index in [1.54, 1.807) is 0 Å². The minimum atomic E-state index is -1.20. The molecule has 3 aliphatic heterocycles. The summed E-state index contributed by atoms with van der Waals surface area (Å²) in [4.78, 5) is 40.4. The van der Waals surface area contributed by atoms with Crippen molar-refractivity contribution in [3.8, 4) is 102 Å². The monoisotopic (exact) mass is 1430 g/mol. The van der Waals surface area contributed by atoms with Crippen molar-refractivity contribution in [2.24, 2.45) is 9.98 Å². The number of aromatic nitrogens is 6. The lowest BCUT2D eigenvalue weighted by Crippen LogP contribution is -2.33. The van der Waals surface area contributed by atoms with Crippen LogP contribution in [0.25, 0.3) is 102 Å². The van der Waals surface area contributed by atoms with Crippen molar-refractivity contribution < 1.29 is 0 Å². The number of H-pyrrole nitrogens is 2. The predicted molar refractivity (Wildman–Crippen MR) is 455 cm³/mol. The van der Waals surface area contributed by atoms with E-state index >= 15 is 0 Å². The minimum absolute atomic E-state index is 0.880. The number of aryl methyl sites for hydroxylation is 8. The number of imidazole rings is 3. The van der Waals surface area contributed by atoms with Gasteiger partial charge in [0.2, 0.25) is 0 Å². The second kappa shape index (κ2) is 30.1. The fourth-order valence-corrected chi connectivity index (χ4v) is 16.7. The molecule has 22 rings (SSSR count). The van der Waals surface area contributed by atoms with Gasteiger partial charge in [-0.05, 0) is 170 Å². The topological polar surface area (TPSA) is 106 Å². The van der Waals surface area contributed by atoms with E-state index < -0.39 is 5.79 Å². The number of hydrogen-bond donors (Lipinski definition) is 2. The number of rotatable bonds is 12. The quantitative estimate of drug-likeness (QED) is 0.127. The molecule has 1 atom stereocenters. The number of aliphatic imine (C=N–C) groups is 2. The van der Waals surface area contributed by atoms with Crippen molar-refractivity contribution in [2.75, 3.05) is 38.0 Å². The number of nitrogens with zero attached hydrogens (tertiary/aromatic N) is 8. The second-order valence-electron chi connectivity index (χ2n) is 30.1. The molecule has 0 fully saturated rings. The van der Waals surface area contributed by atoms with Crippen LogP contribution in [0.1, 0.15) is 86.9 Å². The molecule has 2 N–H and O–H groups in total. The van der Waals surface area contributed by atoms with Crippen molar-refractivity contribution in [2.45, 2.75) is 82.8 Å². The van der Waals surface area contributed by atoms with E-state index in [9.17, 15) is 0 Å². The lowest BCUT2D eigenvalue weighted by molar-refractivity contribution is 0.403. The van der Waals surface area contributed by atoms with Crippen LogP contribution >= 0.6 is 0 Å². The SMILES string of the molecule is CN(C)c1ccc(-c2[nH]c(-c3cc4ccc3CCCc3ccc(cc3-c3nc(-c5ccccc5)c(-c5ccccc5)[nH]3)CCC4)nc2-c2ccccc2)cc1.CN(C)c1ccc(C2=NC3(N=C2c2ccccc2)c2cc4ccc2CCCc2ccc(cc2-c2nc(-c5ccccc5)c(-c5ccccc5)n23)CCC4)cc1. The Morgan fingerprint density at radius 3 is 1.08 bits per heavy atom. The van der Waals surface area contributed by atoms with Crippen LogP contribution in [0, 0.1) is 0 Å². The van der Waals surface area contributed by atoms with Crippen LogP contribution in [-0.4, -0.2) is 69.1 Å². The van der Waals surface area contributed by atoms with Gasteiger partial charge in [0.1, 0.15) is 17.5 Å². The second-order valence-corrected chi connectivity index (χ2v) is 30.1. The zero-order chi connectivity index (χ0) is 74.1. The average molecular weight is 1430 g/mol. The minimum Gasteiger partial charge on any atom is -0.378 e. The number of aromatic amines is 2. The van der Waals surface area contributed by atoms with Crippen molar-refractivity contribution in [1.82, 2.24) is 29.5 Å². The molecular formula is C100H88N10. The van der Waals surface area contributed by atoms with E-state index in [1.165, 1.54) is 66.9 Å². The van der Waals surface area contributed by atoms with Crippen molar-refractivity contribution in [3.05, 3.63) is 365 Å². The van der Waals surface area contributed by atoms with Crippen LogP contribution in [0.5, 0.6) is 0 Å². The number of nitrogens with one attached hydrogen (secondary N) is 2. The smallest absolute Gasteiger partial charge is 0.261 e. The summed E-state index contributed by atoms with van der Waals surface area (Å²) in [7, 11) is 8.31. The fourth-order valence-electron chi connectivity index (χ4n) is 16.7. The third-order valence-corrected chi connectivity index (χ3v) is 22.4. The molecule has 1 unspecified atom stereocenters. The van der Waals surface area contributed by atoms with Crippen molar-refractivity contribution in [1.29, 1.82) is 0 Å². The molecule has 12 aromatic carbocycles. The molecule has 0 saturated carbocycles. The van der Waals surface area contributed by atoms with Gasteiger partial charge in [-0.25, -0.2) is 24.9 Å². The maximum absolute atomic E-state index is 6.04. The summed E-state index contributed by atoms with van der Waals surface area (Å²) in [5.41, 5.74) is 34.1. The van der Waals surface area contributed by atoms with Crippen LogP contribution in [0.2, 0.25) is 0 Å². The van der Waals surface area contributed by atoms with Gasteiger partial charge in [0.25, 0.3) is 5.79 Å². The molecule has 538 valence electrons. The molecule has 1 spiro atoms. The normalized spacial score (nSPS) is 15.0. The Labute approximate surface area is 645 Å². The summed E-state index contributed by atoms with van der Waals surface area (Å²) in [6.07, 6.45) is 11.9. The Kier molecular flexibility index (Phi) is 18.9. The summed E-state index contributed by atoms with van der Waals surface area (Å²) < 4.78 is 2.42. The molecule has 6 heterocycles. The Bertz CT molecular complexity index is 5820. The zero-order valence-corrected chi connectivity index (χ0v) is 62.9. The summed E-state index contributed by atoms with van der Waals surface area (Å²) in [5, 5.41) is 0. The first-order valence-corrected chi connectivity index (χ1v) is 39.0. The van der Waals surface area contributed by atoms with Crippen LogP contribution in [0.3, 0.4) is 0 Å². The maximum atomic E-state index is 6.04. The van der Waals surface area contributed by atoms with E-state index in [1.807, 2.05) is 0 Å². The van der Waals surface area contributed by atoms with Gasteiger partial charge >= 0.3 is 0 Å². The average Bonchev–Trinajstić information content (AvgIpc) is 1.53. The first-order chi connectivity index (χ1) is 54.1. The van der Waals surface area contributed by atoms with Gasteiger partial charge in [-0.15, -0.1) is 0 Å². The van der Waals surface area contributed by atoms with E-state index in [4.69, 9.17) is 24.9 Å². The van der Waals surface area contributed by atoms with E-state index in [-0.39, 0.29) is 0 Å². The molecule has 7 aliphatic rings. The van der Waals surface area contributed by atoms with Gasteiger partial charge in [-0.1, -0.05) is 255 Å². The Morgan fingerprint density at radius 1 is 0.300 bits per heavy atom. The van der Waals surface area contributed by atoms with Crippen molar-refractivity contribution in [3.63, 3.8) is 0 Å². The highest BCUT2D eigenvalue weighted by Gasteiger charge is 2.47. The standard InChI is InChI=1S/C50H43N5.C50H45N5/c1-54(2)42-30-28-40(29-31-42)46-45(38-16-6-3-7-17-38)52-50(53-46)44-33-35-15-12-14-34-24-26-36(22-13-23-37(44)27-25-35)43(32-34)49-51-47(39-18-8-4-9-19-39)48(55(49)50)41-20-10-5-11-21-41;1-55(2)42-30-28-41(29-31-42)48-47(40-20-10-5-11-21-40)53-50(54-48)44-33-35-15-12-14-34-24-26-36(22-13-23-37(44)27-25-35)43(32-34)49-51-45(38-16-6-3-7-17-38)46(52-49)39-18-8-4-9-19-39/h3-11,16-21,24-33H,12-15,22-23H2,1-2H3;3-11,16-21,24-33H,12-15,22-23H2,1-2H3,(H,51,52)(H,53,54). The Morgan fingerprint density at radius 2 is 0.636 bits per heavy atom. The molecule has 4 aliphatic carbocycles. The third-order valence-electron chi connectivity index (χ3n) is 22.4.